The topological polar surface area (TPSA) is 99.9 Å². The van der Waals surface area contributed by atoms with Crippen molar-refractivity contribution in [2.45, 2.75) is 6.61 Å². The molecule has 0 bridgehead atoms. The molecular weight excluding hydrogens is 460 g/mol. The SMILES string of the molecule is COc1cc(NC(=O)c2ccco2)c(C(=O)OCc2nc3ccccc3c3ccccc23)cc1OC. The van der Waals surface area contributed by atoms with E-state index in [2.05, 4.69) is 5.32 Å². The number of anilines is 1. The van der Waals surface area contributed by atoms with Crippen LogP contribution in [0.15, 0.2) is 83.5 Å². The Morgan fingerprint density at radius 2 is 1.56 bits per heavy atom. The smallest absolute Gasteiger partial charge is 0.340 e. The molecule has 0 aliphatic rings. The Bertz CT molecular complexity index is 1580. The van der Waals surface area contributed by atoms with Gasteiger partial charge in [0.25, 0.3) is 5.91 Å². The zero-order valence-electron chi connectivity index (χ0n) is 19.6. The third-order valence-corrected chi connectivity index (χ3v) is 5.76. The lowest BCUT2D eigenvalue weighted by molar-refractivity contribution is 0.0470. The summed E-state index contributed by atoms with van der Waals surface area (Å²) in [6, 6.07) is 21.7. The number of fused-ring (bicyclic) bond motifs is 3. The zero-order valence-corrected chi connectivity index (χ0v) is 19.6. The summed E-state index contributed by atoms with van der Waals surface area (Å²) in [7, 11) is 2.92. The Morgan fingerprint density at radius 3 is 2.28 bits per heavy atom. The second-order valence-electron chi connectivity index (χ2n) is 7.88. The number of esters is 1. The van der Waals surface area contributed by atoms with Crippen LogP contribution in [-0.4, -0.2) is 31.1 Å². The summed E-state index contributed by atoms with van der Waals surface area (Å²) in [6.07, 6.45) is 1.39. The molecule has 5 aromatic rings. The maximum atomic E-state index is 13.3. The highest BCUT2D eigenvalue weighted by Crippen LogP contribution is 2.34. The standard InChI is InChI=1S/C28H22N2O6/c1-33-25-14-20(22(15-26(25)34-2)30-27(31)24-12-7-13-35-24)28(32)36-16-23-19-10-4-3-8-17(19)18-9-5-6-11-21(18)29-23/h3-15H,16H2,1-2H3,(H,30,31). The summed E-state index contributed by atoms with van der Waals surface area (Å²) in [5, 5.41) is 5.62. The van der Waals surface area contributed by atoms with Gasteiger partial charge in [-0.1, -0.05) is 42.5 Å². The van der Waals surface area contributed by atoms with Crippen molar-refractivity contribution in [3.63, 3.8) is 0 Å². The van der Waals surface area contributed by atoms with Gasteiger partial charge in [-0.2, -0.15) is 0 Å². The number of hydrogen-bond acceptors (Lipinski definition) is 7. The number of para-hydroxylation sites is 1. The van der Waals surface area contributed by atoms with Crippen molar-refractivity contribution >= 4 is 39.2 Å². The van der Waals surface area contributed by atoms with Gasteiger partial charge in [-0.05, 0) is 23.6 Å². The van der Waals surface area contributed by atoms with Crippen molar-refractivity contribution in [1.82, 2.24) is 4.98 Å². The summed E-state index contributed by atoms with van der Waals surface area (Å²) in [6.45, 7) is -0.0654. The Hall–Kier alpha value is -4.85. The van der Waals surface area contributed by atoms with Crippen LogP contribution in [0.25, 0.3) is 21.7 Å². The molecule has 8 nitrogen and oxygen atoms in total. The van der Waals surface area contributed by atoms with Crippen molar-refractivity contribution in [2.75, 3.05) is 19.5 Å². The minimum atomic E-state index is -0.662. The van der Waals surface area contributed by atoms with E-state index >= 15 is 0 Å². The number of ether oxygens (including phenoxy) is 3. The molecule has 180 valence electrons. The summed E-state index contributed by atoms with van der Waals surface area (Å²) in [5.41, 5.74) is 1.71. The van der Waals surface area contributed by atoms with Gasteiger partial charge in [-0.3, -0.25) is 4.79 Å². The lowest BCUT2D eigenvalue weighted by atomic mass is 10.0. The first-order valence-electron chi connectivity index (χ1n) is 11.1. The highest BCUT2D eigenvalue weighted by molar-refractivity contribution is 6.08. The van der Waals surface area contributed by atoms with Crippen molar-refractivity contribution in [3.8, 4) is 11.5 Å². The van der Waals surface area contributed by atoms with Gasteiger partial charge < -0.3 is 23.9 Å². The monoisotopic (exact) mass is 482 g/mol. The molecule has 0 aliphatic carbocycles. The zero-order chi connectivity index (χ0) is 25.1. The number of nitrogens with one attached hydrogen (secondary N) is 1. The van der Waals surface area contributed by atoms with Crippen LogP contribution < -0.4 is 14.8 Å². The van der Waals surface area contributed by atoms with Crippen molar-refractivity contribution < 1.29 is 28.2 Å². The maximum absolute atomic E-state index is 13.3. The quantitative estimate of drug-likeness (QED) is 0.238. The summed E-state index contributed by atoms with van der Waals surface area (Å²) >= 11 is 0. The van der Waals surface area contributed by atoms with Gasteiger partial charge in [0.05, 0.1) is 42.9 Å². The molecule has 5 rings (SSSR count). The minimum absolute atomic E-state index is 0.0654. The van der Waals surface area contributed by atoms with Crippen molar-refractivity contribution in [1.29, 1.82) is 0 Å². The molecule has 0 saturated carbocycles. The lowest BCUT2D eigenvalue weighted by Crippen LogP contribution is -2.16. The van der Waals surface area contributed by atoms with Crippen molar-refractivity contribution in [3.05, 3.63) is 96.1 Å². The summed E-state index contributed by atoms with van der Waals surface area (Å²) in [4.78, 5) is 30.6. The van der Waals surface area contributed by atoms with E-state index in [-0.39, 0.29) is 23.6 Å². The van der Waals surface area contributed by atoms with E-state index in [0.717, 1.165) is 21.7 Å². The van der Waals surface area contributed by atoms with Crippen molar-refractivity contribution in [2.24, 2.45) is 0 Å². The lowest BCUT2D eigenvalue weighted by Gasteiger charge is -2.15. The van der Waals surface area contributed by atoms with Crippen LogP contribution in [0.1, 0.15) is 26.6 Å². The summed E-state index contributed by atoms with van der Waals surface area (Å²) in [5.74, 6) is -0.440. The molecule has 2 heterocycles. The molecule has 1 amide bonds. The van der Waals surface area contributed by atoms with E-state index in [1.165, 1.54) is 38.7 Å². The number of benzene rings is 3. The molecule has 0 spiro atoms. The van der Waals surface area contributed by atoms with Crippen LogP contribution >= 0.6 is 0 Å². The van der Waals surface area contributed by atoms with E-state index in [0.29, 0.717) is 17.2 Å². The molecule has 0 atom stereocenters. The maximum Gasteiger partial charge on any atom is 0.340 e. The van der Waals surface area contributed by atoms with Crippen LogP contribution in [0.2, 0.25) is 0 Å². The number of rotatable bonds is 7. The number of furan rings is 1. The molecule has 3 aromatic carbocycles. The molecule has 0 fully saturated rings. The van der Waals surface area contributed by atoms with Crippen LogP contribution in [0, 0.1) is 0 Å². The number of pyridine rings is 1. The second-order valence-corrected chi connectivity index (χ2v) is 7.88. The van der Waals surface area contributed by atoms with Crippen LogP contribution in [0.5, 0.6) is 11.5 Å². The fourth-order valence-electron chi connectivity index (χ4n) is 4.04. The third-order valence-electron chi connectivity index (χ3n) is 5.76. The first-order chi connectivity index (χ1) is 17.6. The average molecular weight is 482 g/mol. The van der Waals surface area contributed by atoms with E-state index in [4.69, 9.17) is 23.6 Å². The Balaban J connectivity index is 1.48. The van der Waals surface area contributed by atoms with Crippen LogP contribution in [-0.2, 0) is 11.3 Å². The van der Waals surface area contributed by atoms with Gasteiger partial charge in [-0.25, -0.2) is 9.78 Å². The second kappa shape index (κ2) is 9.79. The molecule has 0 unspecified atom stereocenters. The van der Waals surface area contributed by atoms with Crippen LogP contribution in [0.4, 0.5) is 5.69 Å². The molecule has 0 saturated heterocycles. The first kappa shape index (κ1) is 22.9. The molecule has 8 heteroatoms. The van der Waals surface area contributed by atoms with E-state index in [1.54, 1.807) is 6.07 Å². The Labute approximate surface area is 206 Å². The normalized spacial score (nSPS) is 10.8. The molecule has 0 aliphatic heterocycles. The van der Waals surface area contributed by atoms with E-state index < -0.39 is 11.9 Å². The number of methoxy groups -OCH3 is 2. The highest BCUT2D eigenvalue weighted by atomic mass is 16.5. The van der Waals surface area contributed by atoms with E-state index in [1.807, 2.05) is 48.5 Å². The number of carbonyl (C=O) groups is 2. The average Bonchev–Trinajstić information content (AvgIpc) is 3.46. The van der Waals surface area contributed by atoms with Crippen LogP contribution in [0.3, 0.4) is 0 Å². The Morgan fingerprint density at radius 1 is 0.861 bits per heavy atom. The van der Waals surface area contributed by atoms with E-state index in [9.17, 15) is 9.59 Å². The fraction of sp³-hybridized carbons (Fsp3) is 0.107. The number of aromatic nitrogens is 1. The predicted molar refractivity (Wildman–Crippen MR) is 135 cm³/mol. The van der Waals surface area contributed by atoms with Gasteiger partial charge in [-0.15, -0.1) is 0 Å². The van der Waals surface area contributed by atoms with Gasteiger partial charge >= 0.3 is 5.97 Å². The number of hydrogen-bond donors (Lipinski definition) is 1. The minimum Gasteiger partial charge on any atom is -0.493 e. The molecule has 2 aromatic heterocycles. The fourth-order valence-corrected chi connectivity index (χ4v) is 4.04. The number of nitrogens with zero attached hydrogens (tertiary/aromatic N) is 1. The Kier molecular flexibility index (Phi) is 6.23. The van der Waals surface area contributed by atoms with Gasteiger partial charge in [0.15, 0.2) is 17.3 Å². The molecular formula is C28H22N2O6. The first-order valence-corrected chi connectivity index (χ1v) is 11.1. The summed E-state index contributed by atoms with van der Waals surface area (Å²) < 4.78 is 21.5. The van der Waals surface area contributed by atoms with Gasteiger partial charge in [0, 0.05) is 22.9 Å². The predicted octanol–water partition coefficient (Wildman–Crippen LogP) is 5.61. The highest BCUT2D eigenvalue weighted by Gasteiger charge is 2.22. The van der Waals surface area contributed by atoms with Gasteiger partial charge in [0.1, 0.15) is 6.61 Å². The molecule has 0 radical (unpaired) electrons. The number of carbonyl (C=O) groups excluding carboxylic acids is 2. The largest absolute Gasteiger partial charge is 0.493 e. The molecule has 36 heavy (non-hydrogen) atoms. The molecule has 1 N–H and O–H groups in total. The third kappa shape index (κ3) is 4.32. The van der Waals surface area contributed by atoms with Gasteiger partial charge in [0.2, 0.25) is 0 Å². The number of amides is 1.